The monoisotopic (exact) mass is 285 g/mol. The number of hydrogen-bond donors (Lipinski definition) is 1. The summed E-state index contributed by atoms with van der Waals surface area (Å²) in [6, 6.07) is 15.4. The van der Waals surface area contributed by atoms with Crippen molar-refractivity contribution in [2.24, 2.45) is 0 Å². The summed E-state index contributed by atoms with van der Waals surface area (Å²) >= 11 is 0. The van der Waals surface area contributed by atoms with Crippen LogP contribution < -0.4 is 4.74 Å². The van der Waals surface area contributed by atoms with Crippen LogP contribution in [0.3, 0.4) is 0 Å². The van der Waals surface area contributed by atoms with E-state index in [1.807, 2.05) is 31.3 Å². The molecule has 1 N–H and O–H groups in total. The second kappa shape index (κ2) is 6.90. The average Bonchev–Trinajstić information content (AvgIpc) is 2.48. The largest absolute Gasteiger partial charge is 0.496 e. The van der Waals surface area contributed by atoms with Gasteiger partial charge >= 0.3 is 5.97 Å². The molecule has 0 spiro atoms. The first-order valence-corrected chi connectivity index (χ1v) is 6.73. The van der Waals surface area contributed by atoms with Crippen LogP contribution in [0.2, 0.25) is 0 Å². The van der Waals surface area contributed by atoms with Gasteiger partial charge in [0.2, 0.25) is 0 Å². The molecule has 0 aliphatic rings. The van der Waals surface area contributed by atoms with Gasteiger partial charge < -0.3 is 9.84 Å². The summed E-state index contributed by atoms with van der Waals surface area (Å²) < 4.78 is 5.07. The molecule has 2 rings (SSSR count). The number of nitrogens with zero attached hydrogens (tertiary/aromatic N) is 1. The van der Waals surface area contributed by atoms with Crippen LogP contribution in [0.1, 0.15) is 21.5 Å². The van der Waals surface area contributed by atoms with Crippen LogP contribution in [0, 0.1) is 0 Å². The second-order valence-corrected chi connectivity index (χ2v) is 5.00. The van der Waals surface area contributed by atoms with Crippen molar-refractivity contribution in [1.29, 1.82) is 0 Å². The summed E-state index contributed by atoms with van der Waals surface area (Å²) in [5.41, 5.74) is 2.38. The van der Waals surface area contributed by atoms with E-state index in [0.29, 0.717) is 12.3 Å². The minimum atomic E-state index is -0.973. The van der Waals surface area contributed by atoms with Crippen LogP contribution in [0.15, 0.2) is 48.5 Å². The molecule has 0 heterocycles. The molecule has 2 aromatic rings. The number of hydrogen-bond acceptors (Lipinski definition) is 3. The van der Waals surface area contributed by atoms with E-state index in [-0.39, 0.29) is 5.56 Å². The Labute approximate surface area is 124 Å². The van der Waals surface area contributed by atoms with Gasteiger partial charge in [0.05, 0.1) is 7.11 Å². The summed E-state index contributed by atoms with van der Waals surface area (Å²) in [6.07, 6.45) is 0. The minimum absolute atomic E-state index is 0.197. The fourth-order valence-electron chi connectivity index (χ4n) is 2.28. The van der Waals surface area contributed by atoms with Gasteiger partial charge in [0.1, 0.15) is 11.3 Å². The highest BCUT2D eigenvalue weighted by Gasteiger charge is 2.12. The van der Waals surface area contributed by atoms with Gasteiger partial charge in [0.25, 0.3) is 0 Å². The van der Waals surface area contributed by atoms with Crippen LogP contribution in [0.25, 0.3) is 0 Å². The highest BCUT2D eigenvalue weighted by atomic mass is 16.5. The highest BCUT2D eigenvalue weighted by Crippen LogP contribution is 2.21. The Morgan fingerprint density at radius 3 is 2.38 bits per heavy atom. The van der Waals surface area contributed by atoms with Crippen LogP contribution in [0.4, 0.5) is 0 Å². The lowest BCUT2D eigenvalue weighted by atomic mass is 10.1. The quantitative estimate of drug-likeness (QED) is 0.886. The summed E-state index contributed by atoms with van der Waals surface area (Å²) in [7, 11) is 3.49. The molecule has 0 aromatic heterocycles. The number of methoxy groups -OCH3 is 1. The normalized spacial score (nSPS) is 10.6. The topological polar surface area (TPSA) is 49.8 Å². The van der Waals surface area contributed by atoms with E-state index < -0.39 is 5.97 Å². The van der Waals surface area contributed by atoms with E-state index in [1.165, 1.54) is 12.7 Å². The molecular weight excluding hydrogens is 266 g/mol. The molecule has 110 valence electrons. The standard InChI is InChI=1S/C17H19NO3/c1-18(11-13-6-4-3-5-7-13)12-14-8-9-16(21-2)15(10-14)17(19)20/h3-10H,11-12H2,1-2H3,(H,19,20). The maximum atomic E-state index is 11.2. The van der Waals surface area contributed by atoms with Crippen molar-refractivity contribution < 1.29 is 14.6 Å². The van der Waals surface area contributed by atoms with Crippen molar-refractivity contribution in [3.63, 3.8) is 0 Å². The number of aromatic carboxylic acids is 1. The number of carboxylic acids is 1. The van der Waals surface area contributed by atoms with Crippen molar-refractivity contribution in [2.75, 3.05) is 14.2 Å². The van der Waals surface area contributed by atoms with Gasteiger partial charge in [-0.05, 0) is 30.3 Å². The van der Waals surface area contributed by atoms with E-state index in [4.69, 9.17) is 4.74 Å². The van der Waals surface area contributed by atoms with Gasteiger partial charge in [-0.3, -0.25) is 4.90 Å². The molecule has 0 fully saturated rings. The third kappa shape index (κ3) is 4.07. The Morgan fingerprint density at radius 1 is 1.10 bits per heavy atom. The SMILES string of the molecule is COc1ccc(CN(C)Cc2ccccc2)cc1C(=O)O. The van der Waals surface area contributed by atoms with Crippen LogP contribution in [-0.2, 0) is 13.1 Å². The minimum Gasteiger partial charge on any atom is -0.496 e. The molecule has 0 radical (unpaired) electrons. The fourth-order valence-corrected chi connectivity index (χ4v) is 2.28. The van der Waals surface area contributed by atoms with Crippen molar-refractivity contribution in [3.8, 4) is 5.75 Å². The zero-order valence-corrected chi connectivity index (χ0v) is 12.2. The molecule has 4 heteroatoms. The molecule has 0 atom stereocenters. The van der Waals surface area contributed by atoms with E-state index in [0.717, 1.165) is 12.1 Å². The molecule has 0 aliphatic carbocycles. The van der Waals surface area contributed by atoms with Crippen LogP contribution in [-0.4, -0.2) is 30.1 Å². The van der Waals surface area contributed by atoms with Gasteiger partial charge in [-0.15, -0.1) is 0 Å². The number of rotatable bonds is 6. The maximum Gasteiger partial charge on any atom is 0.339 e. The van der Waals surface area contributed by atoms with Crippen LogP contribution >= 0.6 is 0 Å². The zero-order valence-electron chi connectivity index (χ0n) is 12.2. The van der Waals surface area contributed by atoms with Gasteiger partial charge in [-0.1, -0.05) is 36.4 Å². The highest BCUT2D eigenvalue weighted by molar-refractivity contribution is 5.91. The molecule has 4 nitrogen and oxygen atoms in total. The number of ether oxygens (including phenoxy) is 1. The Kier molecular flexibility index (Phi) is 4.95. The third-order valence-electron chi connectivity index (χ3n) is 3.24. The molecular formula is C17H19NO3. The summed E-state index contributed by atoms with van der Waals surface area (Å²) in [5, 5.41) is 9.20. The van der Waals surface area contributed by atoms with Crippen molar-refractivity contribution in [1.82, 2.24) is 4.90 Å². The second-order valence-electron chi connectivity index (χ2n) is 5.00. The molecule has 21 heavy (non-hydrogen) atoms. The lowest BCUT2D eigenvalue weighted by molar-refractivity contribution is 0.0693. The molecule has 2 aromatic carbocycles. The predicted octanol–water partition coefficient (Wildman–Crippen LogP) is 3.03. The van der Waals surface area contributed by atoms with Crippen molar-refractivity contribution in [3.05, 3.63) is 65.2 Å². The molecule has 0 bridgehead atoms. The fraction of sp³-hybridized carbons (Fsp3) is 0.235. The summed E-state index contributed by atoms with van der Waals surface area (Å²) in [5.74, 6) is -0.587. The lowest BCUT2D eigenvalue weighted by Crippen LogP contribution is -2.17. The Bertz CT molecular complexity index is 611. The Hall–Kier alpha value is -2.33. The first-order chi connectivity index (χ1) is 10.1. The third-order valence-corrected chi connectivity index (χ3v) is 3.24. The molecule has 0 aliphatic heterocycles. The van der Waals surface area contributed by atoms with Gasteiger partial charge in [-0.25, -0.2) is 4.79 Å². The van der Waals surface area contributed by atoms with Gasteiger partial charge in [0, 0.05) is 13.1 Å². The molecule has 0 unspecified atom stereocenters. The smallest absolute Gasteiger partial charge is 0.339 e. The summed E-state index contributed by atoms with van der Waals surface area (Å²) in [6.45, 7) is 1.49. The maximum absolute atomic E-state index is 11.2. The molecule has 0 saturated carbocycles. The van der Waals surface area contributed by atoms with E-state index >= 15 is 0 Å². The predicted molar refractivity (Wildman–Crippen MR) is 81.6 cm³/mol. The Morgan fingerprint density at radius 2 is 1.76 bits per heavy atom. The lowest BCUT2D eigenvalue weighted by Gasteiger charge is -2.17. The van der Waals surface area contributed by atoms with E-state index in [2.05, 4.69) is 17.0 Å². The van der Waals surface area contributed by atoms with Crippen LogP contribution in [0.5, 0.6) is 5.75 Å². The first-order valence-electron chi connectivity index (χ1n) is 6.73. The van der Waals surface area contributed by atoms with E-state index in [1.54, 1.807) is 12.1 Å². The molecule has 0 amide bonds. The number of carbonyl (C=O) groups is 1. The van der Waals surface area contributed by atoms with E-state index in [9.17, 15) is 9.90 Å². The Balaban J connectivity index is 2.09. The van der Waals surface area contributed by atoms with Gasteiger partial charge in [0.15, 0.2) is 0 Å². The van der Waals surface area contributed by atoms with Crippen molar-refractivity contribution in [2.45, 2.75) is 13.1 Å². The van der Waals surface area contributed by atoms with Crippen molar-refractivity contribution >= 4 is 5.97 Å². The zero-order chi connectivity index (χ0) is 15.2. The summed E-state index contributed by atoms with van der Waals surface area (Å²) in [4.78, 5) is 13.4. The molecule has 0 saturated heterocycles. The first kappa shape index (κ1) is 15.1. The average molecular weight is 285 g/mol. The number of carboxylic acid groups (broad SMARTS) is 1. The number of benzene rings is 2. The van der Waals surface area contributed by atoms with Gasteiger partial charge in [-0.2, -0.15) is 0 Å².